The van der Waals surface area contributed by atoms with Crippen LogP contribution in [0.5, 0.6) is 0 Å². The van der Waals surface area contributed by atoms with E-state index in [0.717, 1.165) is 0 Å². The monoisotopic (exact) mass is 328 g/mol. The molecule has 0 aliphatic carbocycles. The Morgan fingerprint density at radius 3 is 2.41 bits per heavy atom. The van der Waals surface area contributed by atoms with Gasteiger partial charge in [0.2, 0.25) is 10.0 Å². The van der Waals surface area contributed by atoms with Gasteiger partial charge in [0.1, 0.15) is 0 Å². The van der Waals surface area contributed by atoms with Crippen LogP contribution >= 0.6 is 0 Å². The van der Waals surface area contributed by atoms with E-state index in [2.05, 4.69) is 5.32 Å². The van der Waals surface area contributed by atoms with Crippen molar-refractivity contribution in [2.24, 2.45) is 0 Å². The smallest absolute Gasteiger partial charge is 0.251 e. The van der Waals surface area contributed by atoms with Gasteiger partial charge < -0.3 is 10.4 Å². The van der Waals surface area contributed by atoms with Crippen LogP contribution in [0.1, 0.15) is 36.7 Å². The van der Waals surface area contributed by atoms with Gasteiger partial charge >= 0.3 is 0 Å². The van der Waals surface area contributed by atoms with Crippen molar-refractivity contribution in [2.45, 2.75) is 38.6 Å². The second-order valence-corrected chi connectivity index (χ2v) is 7.06. The molecule has 0 fully saturated rings. The Kier molecular flexibility index (Phi) is 6.52. The Morgan fingerprint density at radius 2 is 1.91 bits per heavy atom. The second-order valence-electron chi connectivity index (χ2n) is 5.12. The Labute approximate surface area is 132 Å². The van der Waals surface area contributed by atoms with Gasteiger partial charge in [-0.3, -0.25) is 4.79 Å². The van der Waals surface area contributed by atoms with Crippen molar-refractivity contribution in [3.63, 3.8) is 0 Å². The topological polar surface area (TPSA) is 86.7 Å². The van der Waals surface area contributed by atoms with E-state index in [1.54, 1.807) is 33.8 Å². The molecule has 0 saturated carbocycles. The lowest BCUT2D eigenvalue weighted by molar-refractivity contribution is 0.0921. The molecule has 0 heterocycles. The summed E-state index contributed by atoms with van der Waals surface area (Å²) in [5.41, 5.74) is 0.981. The molecule has 0 radical (unpaired) electrons. The molecule has 1 aromatic carbocycles. The molecule has 22 heavy (non-hydrogen) atoms. The van der Waals surface area contributed by atoms with E-state index < -0.39 is 22.0 Å². The number of sulfonamides is 1. The second kappa shape index (κ2) is 7.71. The van der Waals surface area contributed by atoms with Crippen molar-refractivity contribution >= 4 is 15.9 Å². The summed E-state index contributed by atoms with van der Waals surface area (Å²) in [6, 6.07) is 4.13. The van der Waals surface area contributed by atoms with Gasteiger partial charge in [-0.05, 0) is 31.5 Å². The minimum Gasteiger partial charge on any atom is -0.394 e. The first-order valence-corrected chi connectivity index (χ1v) is 8.74. The largest absolute Gasteiger partial charge is 0.394 e. The number of benzene rings is 1. The van der Waals surface area contributed by atoms with E-state index in [4.69, 9.17) is 5.11 Å². The Bertz CT molecular complexity index is 624. The van der Waals surface area contributed by atoms with Gasteiger partial charge in [0.05, 0.1) is 11.5 Å². The summed E-state index contributed by atoms with van der Waals surface area (Å²) in [7, 11) is -3.60. The number of carbonyl (C=O) groups excluding carboxylic acids is 1. The quantitative estimate of drug-likeness (QED) is 0.786. The average Bonchev–Trinajstić information content (AvgIpc) is 2.48. The van der Waals surface area contributed by atoms with Crippen LogP contribution in [-0.4, -0.2) is 49.5 Å². The van der Waals surface area contributed by atoms with Crippen LogP contribution in [-0.2, 0) is 10.0 Å². The van der Waals surface area contributed by atoms with Crippen molar-refractivity contribution in [3.05, 3.63) is 29.3 Å². The summed E-state index contributed by atoms with van der Waals surface area (Å²) in [6.45, 7) is 7.52. The van der Waals surface area contributed by atoms with Crippen molar-refractivity contribution < 1.29 is 18.3 Å². The predicted molar refractivity (Wildman–Crippen MR) is 85.3 cm³/mol. The fourth-order valence-electron chi connectivity index (χ4n) is 2.07. The molecular formula is C15H24N2O4S. The van der Waals surface area contributed by atoms with Gasteiger partial charge in [0.15, 0.2) is 0 Å². The molecule has 1 atom stereocenters. The molecule has 0 bridgehead atoms. The van der Waals surface area contributed by atoms with Crippen molar-refractivity contribution in [1.29, 1.82) is 0 Å². The number of aliphatic hydroxyl groups is 1. The first-order chi connectivity index (χ1) is 10.3. The molecule has 0 saturated heterocycles. The highest BCUT2D eigenvalue weighted by molar-refractivity contribution is 7.89. The maximum Gasteiger partial charge on any atom is 0.251 e. The standard InChI is InChI=1S/C15H24N2O4S/c1-5-17(6-2)22(20,21)13-8-7-11(3)14(9-13)15(19)16-12(4)10-18/h7-9,12,18H,5-6,10H2,1-4H3,(H,16,19). The summed E-state index contributed by atoms with van der Waals surface area (Å²) in [5, 5.41) is 11.6. The van der Waals surface area contributed by atoms with Gasteiger partial charge in [-0.15, -0.1) is 0 Å². The number of hydrogen-bond donors (Lipinski definition) is 2. The Balaban J connectivity index is 3.22. The third-order valence-electron chi connectivity index (χ3n) is 3.45. The van der Waals surface area contributed by atoms with Crippen LogP contribution in [0.3, 0.4) is 0 Å². The highest BCUT2D eigenvalue weighted by Gasteiger charge is 2.23. The third-order valence-corrected chi connectivity index (χ3v) is 5.49. The summed E-state index contributed by atoms with van der Waals surface area (Å²) in [5.74, 6) is -0.393. The van der Waals surface area contributed by atoms with Crippen LogP contribution in [0.4, 0.5) is 0 Å². The van der Waals surface area contributed by atoms with Gasteiger partial charge in [0, 0.05) is 24.7 Å². The van der Waals surface area contributed by atoms with E-state index in [1.807, 2.05) is 0 Å². The minimum absolute atomic E-state index is 0.101. The van der Waals surface area contributed by atoms with Gasteiger partial charge in [-0.1, -0.05) is 19.9 Å². The predicted octanol–water partition coefficient (Wildman–Crippen LogP) is 1.14. The molecule has 6 nitrogen and oxygen atoms in total. The molecular weight excluding hydrogens is 304 g/mol. The molecule has 1 unspecified atom stereocenters. The van der Waals surface area contributed by atoms with Gasteiger partial charge in [0.25, 0.3) is 5.91 Å². The number of aliphatic hydroxyl groups excluding tert-OH is 1. The molecule has 0 aliphatic heterocycles. The minimum atomic E-state index is -3.60. The average molecular weight is 328 g/mol. The van der Waals surface area contributed by atoms with Crippen molar-refractivity contribution in [1.82, 2.24) is 9.62 Å². The Morgan fingerprint density at radius 1 is 1.32 bits per heavy atom. The lowest BCUT2D eigenvalue weighted by atomic mass is 10.1. The molecule has 0 aromatic heterocycles. The summed E-state index contributed by atoms with van der Waals surface area (Å²) in [6.07, 6.45) is 0. The van der Waals surface area contributed by atoms with Crippen LogP contribution < -0.4 is 5.32 Å². The van der Waals surface area contributed by atoms with E-state index in [9.17, 15) is 13.2 Å². The van der Waals surface area contributed by atoms with E-state index in [0.29, 0.717) is 24.2 Å². The fraction of sp³-hybridized carbons (Fsp3) is 0.533. The number of rotatable bonds is 7. The third kappa shape index (κ3) is 4.06. The van der Waals surface area contributed by atoms with E-state index >= 15 is 0 Å². The first kappa shape index (κ1) is 18.6. The zero-order valence-electron chi connectivity index (χ0n) is 13.5. The van der Waals surface area contributed by atoms with Crippen LogP contribution in [0, 0.1) is 6.92 Å². The van der Waals surface area contributed by atoms with E-state index in [-0.39, 0.29) is 11.5 Å². The number of carbonyl (C=O) groups is 1. The maximum absolute atomic E-state index is 12.5. The molecule has 7 heteroatoms. The zero-order valence-corrected chi connectivity index (χ0v) is 14.3. The van der Waals surface area contributed by atoms with Crippen molar-refractivity contribution in [3.8, 4) is 0 Å². The van der Waals surface area contributed by atoms with Gasteiger partial charge in [-0.2, -0.15) is 4.31 Å². The fourth-order valence-corrected chi connectivity index (χ4v) is 3.55. The Hall–Kier alpha value is -1.44. The molecule has 1 rings (SSSR count). The molecule has 1 amide bonds. The molecule has 0 spiro atoms. The number of hydrogen-bond acceptors (Lipinski definition) is 4. The van der Waals surface area contributed by atoms with Crippen LogP contribution in [0.15, 0.2) is 23.1 Å². The lowest BCUT2D eigenvalue weighted by Crippen LogP contribution is -2.35. The van der Waals surface area contributed by atoms with Crippen molar-refractivity contribution in [2.75, 3.05) is 19.7 Å². The highest BCUT2D eigenvalue weighted by Crippen LogP contribution is 2.19. The molecule has 2 N–H and O–H groups in total. The number of amides is 1. The highest BCUT2D eigenvalue weighted by atomic mass is 32.2. The van der Waals surface area contributed by atoms with Gasteiger partial charge in [-0.25, -0.2) is 8.42 Å². The van der Waals surface area contributed by atoms with E-state index in [1.165, 1.54) is 16.4 Å². The number of aryl methyl sites for hydroxylation is 1. The maximum atomic E-state index is 12.5. The SMILES string of the molecule is CCN(CC)S(=O)(=O)c1ccc(C)c(C(=O)NC(C)CO)c1. The lowest BCUT2D eigenvalue weighted by Gasteiger charge is -2.19. The molecule has 0 aliphatic rings. The number of nitrogens with one attached hydrogen (secondary N) is 1. The summed E-state index contributed by atoms with van der Waals surface area (Å²) < 4.78 is 26.4. The molecule has 124 valence electrons. The zero-order chi connectivity index (χ0) is 16.9. The van der Waals surface area contributed by atoms with Crippen LogP contribution in [0.2, 0.25) is 0 Å². The summed E-state index contributed by atoms with van der Waals surface area (Å²) >= 11 is 0. The normalized spacial score (nSPS) is 13.2. The summed E-state index contributed by atoms with van der Waals surface area (Å²) in [4.78, 5) is 12.3. The van der Waals surface area contributed by atoms with Crippen LogP contribution in [0.25, 0.3) is 0 Å². The first-order valence-electron chi connectivity index (χ1n) is 7.30. The molecule has 1 aromatic rings. The number of nitrogens with zero attached hydrogens (tertiary/aromatic N) is 1.